The van der Waals surface area contributed by atoms with E-state index in [1.807, 2.05) is 12.4 Å². The van der Waals surface area contributed by atoms with Crippen molar-refractivity contribution in [3.05, 3.63) is 18.0 Å². The zero-order valence-corrected chi connectivity index (χ0v) is 11.0. The molecule has 0 saturated carbocycles. The summed E-state index contributed by atoms with van der Waals surface area (Å²) in [6.45, 7) is 6.08. The molecule has 0 aliphatic carbocycles. The maximum atomic E-state index is 5.60. The zero-order chi connectivity index (χ0) is 12.4. The standard InChI is InChI=1S/C14H21N3O/c1-2-3-11-5-15-14(16-6-11)17-7-12-4-13(8-17)10-18-9-12/h5-6,12-13H,2-4,7-10H2,1H3. The Kier molecular flexibility index (Phi) is 3.46. The fraction of sp³-hybridized carbons (Fsp3) is 0.714. The number of anilines is 1. The number of nitrogens with zero attached hydrogens (tertiary/aromatic N) is 3. The Labute approximate surface area is 108 Å². The van der Waals surface area contributed by atoms with E-state index in [-0.39, 0.29) is 0 Å². The van der Waals surface area contributed by atoms with Crippen LogP contribution >= 0.6 is 0 Å². The van der Waals surface area contributed by atoms with Crippen LogP contribution in [0, 0.1) is 11.8 Å². The molecule has 0 aromatic carbocycles. The van der Waals surface area contributed by atoms with E-state index >= 15 is 0 Å². The number of hydrogen-bond acceptors (Lipinski definition) is 4. The molecule has 2 bridgehead atoms. The molecule has 4 nitrogen and oxygen atoms in total. The molecular weight excluding hydrogens is 226 g/mol. The highest BCUT2D eigenvalue weighted by Crippen LogP contribution is 2.28. The Bertz CT molecular complexity index is 381. The van der Waals surface area contributed by atoms with Gasteiger partial charge >= 0.3 is 0 Å². The van der Waals surface area contributed by atoms with E-state index in [1.54, 1.807) is 0 Å². The second-order valence-electron chi connectivity index (χ2n) is 5.55. The SMILES string of the molecule is CCCc1cnc(N2CC3COCC(C3)C2)nc1. The second-order valence-corrected chi connectivity index (χ2v) is 5.55. The Morgan fingerprint density at radius 1 is 1.22 bits per heavy atom. The number of fused-ring (bicyclic) bond motifs is 2. The fourth-order valence-electron chi connectivity index (χ4n) is 3.05. The number of ether oxygens (including phenoxy) is 1. The first-order chi connectivity index (χ1) is 8.85. The predicted molar refractivity (Wildman–Crippen MR) is 70.7 cm³/mol. The van der Waals surface area contributed by atoms with Gasteiger partial charge in [0.05, 0.1) is 13.2 Å². The van der Waals surface area contributed by atoms with Gasteiger partial charge in [0.1, 0.15) is 0 Å². The predicted octanol–water partition coefficient (Wildman–Crippen LogP) is 1.90. The summed E-state index contributed by atoms with van der Waals surface area (Å²) in [5.41, 5.74) is 1.24. The van der Waals surface area contributed by atoms with Gasteiger partial charge in [0.15, 0.2) is 0 Å². The molecule has 2 unspecified atom stereocenters. The molecule has 0 spiro atoms. The van der Waals surface area contributed by atoms with E-state index in [4.69, 9.17) is 4.74 Å². The topological polar surface area (TPSA) is 38.2 Å². The lowest BCUT2D eigenvalue weighted by Crippen LogP contribution is -2.47. The van der Waals surface area contributed by atoms with Crippen LogP contribution in [0.25, 0.3) is 0 Å². The van der Waals surface area contributed by atoms with Crippen molar-refractivity contribution < 1.29 is 4.74 Å². The summed E-state index contributed by atoms with van der Waals surface area (Å²) in [4.78, 5) is 11.4. The van der Waals surface area contributed by atoms with E-state index in [2.05, 4.69) is 21.8 Å². The van der Waals surface area contributed by atoms with Gasteiger partial charge in [-0.05, 0) is 18.4 Å². The molecule has 0 N–H and O–H groups in total. The molecule has 4 heteroatoms. The highest BCUT2D eigenvalue weighted by molar-refractivity contribution is 5.31. The van der Waals surface area contributed by atoms with Gasteiger partial charge in [-0.15, -0.1) is 0 Å². The van der Waals surface area contributed by atoms with Crippen molar-refractivity contribution in [1.82, 2.24) is 9.97 Å². The number of piperidine rings is 1. The van der Waals surface area contributed by atoms with E-state index in [1.165, 1.54) is 12.0 Å². The van der Waals surface area contributed by atoms with Gasteiger partial charge in [0.2, 0.25) is 5.95 Å². The first-order valence-electron chi connectivity index (χ1n) is 6.98. The summed E-state index contributed by atoms with van der Waals surface area (Å²) in [5.74, 6) is 2.22. The van der Waals surface area contributed by atoms with Crippen LogP contribution in [0.1, 0.15) is 25.3 Å². The van der Waals surface area contributed by atoms with Crippen LogP contribution in [0.3, 0.4) is 0 Å². The van der Waals surface area contributed by atoms with Crippen molar-refractivity contribution in [1.29, 1.82) is 0 Å². The molecular formula is C14H21N3O. The highest BCUT2D eigenvalue weighted by atomic mass is 16.5. The monoisotopic (exact) mass is 247 g/mol. The minimum atomic E-state index is 0.663. The molecule has 3 heterocycles. The van der Waals surface area contributed by atoms with E-state index in [9.17, 15) is 0 Å². The third-order valence-electron chi connectivity index (χ3n) is 3.84. The minimum absolute atomic E-state index is 0.663. The second kappa shape index (κ2) is 5.22. The van der Waals surface area contributed by atoms with Crippen LogP contribution in [0.2, 0.25) is 0 Å². The normalized spacial score (nSPS) is 27.3. The molecule has 2 atom stereocenters. The molecule has 2 aliphatic heterocycles. The first-order valence-corrected chi connectivity index (χ1v) is 6.98. The van der Waals surface area contributed by atoms with Gasteiger partial charge in [-0.1, -0.05) is 13.3 Å². The average Bonchev–Trinajstić information content (AvgIpc) is 2.39. The third kappa shape index (κ3) is 2.48. The molecule has 2 saturated heterocycles. The number of hydrogen-bond donors (Lipinski definition) is 0. The molecule has 1 aromatic heterocycles. The van der Waals surface area contributed by atoms with Gasteiger partial charge in [-0.2, -0.15) is 0 Å². The molecule has 18 heavy (non-hydrogen) atoms. The van der Waals surface area contributed by atoms with Crippen LogP contribution in [0.15, 0.2) is 12.4 Å². The summed E-state index contributed by atoms with van der Waals surface area (Å²) in [6, 6.07) is 0. The maximum absolute atomic E-state index is 5.60. The number of rotatable bonds is 3. The summed E-state index contributed by atoms with van der Waals surface area (Å²) in [5, 5.41) is 0. The van der Waals surface area contributed by atoms with Gasteiger partial charge < -0.3 is 9.64 Å². The molecule has 98 valence electrons. The van der Waals surface area contributed by atoms with Crippen molar-refractivity contribution in [3.8, 4) is 0 Å². The lowest BCUT2D eigenvalue weighted by Gasteiger charge is -2.41. The van der Waals surface area contributed by atoms with Crippen molar-refractivity contribution in [3.63, 3.8) is 0 Å². The van der Waals surface area contributed by atoms with Gasteiger partial charge in [0, 0.05) is 37.3 Å². The molecule has 2 aliphatic rings. The molecule has 0 amide bonds. The molecule has 0 radical (unpaired) electrons. The molecule has 3 rings (SSSR count). The number of aryl methyl sites for hydroxylation is 1. The van der Waals surface area contributed by atoms with Crippen LogP contribution in [0.5, 0.6) is 0 Å². The van der Waals surface area contributed by atoms with Crippen molar-refractivity contribution in [2.75, 3.05) is 31.2 Å². The third-order valence-corrected chi connectivity index (χ3v) is 3.84. The molecule has 2 fully saturated rings. The Morgan fingerprint density at radius 2 is 1.89 bits per heavy atom. The van der Waals surface area contributed by atoms with Crippen LogP contribution in [-0.2, 0) is 11.2 Å². The van der Waals surface area contributed by atoms with Crippen molar-refractivity contribution >= 4 is 5.95 Å². The van der Waals surface area contributed by atoms with Gasteiger partial charge in [-0.25, -0.2) is 9.97 Å². The highest BCUT2D eigenvalue weighted by Gasteiger charge is 2.32. The van der Waals surface area contributed by atoms with Gasteiger partial charge in [-0.3, -0.25) is 0 Å². The minimum Gasteiger partial charge on any atom is -0.381 e. The smallest absolute Gasteiger partial charge is 0.225 e. The summed E-state index contributed by atoms with van der Waals surface area (Å²) in [7, 11) is 0. The van der Waals surface area contributed by atoms with E-state index in [0.717, 1.165) is 45.1 Å². The first kappa shape index (κ1) is 11.9. The summed E-state index contributed by atoms with van der Waals surface area (Å²) in [6.07, 6.45) is 7.48. The van der Waals surface area contributed by atoms with Crippen LogP contribution in [-0.4, -0.2) is 36.3 Å². The van der Waals surface area contributed by atoms with E-state index in [0.29, 0.717) is 11.8 Å². The Morgan fingerprint density at radius 3 is 2.50 bits per heavy atom. The van der Waals surface area contributed by atoms with E-state index < -0.39 is 0 Å². The lowest BCUT2D eigenvalue weighted by atomic mass is 9.88. The average molecular weight is 247 g/mol. The van der Waals surface area contributed by atoms with Crippen LogP contribution < -0.4 is 4.90 Å². The fourth-order valence-corrected chi connectivity index (χ4v) is 3.05. The summed E-state index contributed by atoms with van der Waals surface area (Å²) < 4.78 is 5.60. The van der Waals surface area contributed by atoms with Gasteiger partial charge in [0.25, 0.3) is 0 Å². The maximum Gasteiger partial charge on any atom is 0.225 e. The Hall–Kier alpha value is -1.16. The Balaban J connectivity index is 1.70. The van der Waals surface area contributed by atoms with Crippen molar-refractivity contribution in [2.24, 2.45) is 11.8 Å². The largest absolute Gasteiger partial charge is 0.381 e. The quantitative estimate of drug-likeness (QED) is 0.817. The number of aromatic nitrogens is 2. The lowest BCUT2D eigenvalue weighted by molar-refractivity contribution is 0.00592. The van der Waals surface area contributed by atoms with Crippen LogP contribution in [0.4, 0.5) is 5.95 Å². The van der Waals surface area contributed by atoms with Crippen molar-refractivity contribution in [2.45, 2.75) is 26.2 Å². The molecule has 1 aromatic rings. The zero-order valence-electron chi connectivity index (χ0n) is 11.0. The summed E-state index contributed by atoms with van der Waals surface area (Å²) >= 11 is 0.